The van der Waals surface area contributed by atoms with Crippen molar-refractivity contribution in [2.24, 2.45) is 5.92 Å². The van der Waals surface area contributed by atoms with Crippen molar-refractivity contribution in [2.45, 2.75) is 31.7 Å². The number of rotatable bonds is 4. The third kappa shape index (κ3) is 3.53. The van der Waals surface area contributed by atoms with E-state index in [0.29, 0.717) is 27.6 Å². The average molecular weight is 327 g/mol. The van der Waals surface area contributed by atoms with Gasteiger partial charge < -0.3 is 10.2 Å². The van der Waals surface area contributed by atoms with Gasteiger partial charge in [0, 0.05) is 12.6 Å². The van der Waals surface area contributed by atoms with Crippen molar-refractivity contribution in [3.8, 4) is 0 Å². The summed E-state index contributed by atoms with van der Waals surface area (Å²) in [7, 11) is 0. The highest BCUT2D eigenvalue weighted by atomic mass is 35.5. The van der Waals surface area contributed by atoms with Crippen LogP contribution in [-0.2, 0) is 0 Å². The van der Waals surface area contributed by atoms with E-state index in [1.807, 2.05) is 4.90 Å². The summed E-state index contributed by atoms with van der Waals surface area (Å²) < 4.78 is 0. The smallest absolute Gasteiger partial charge is 0.255 e. The Kier molecular flexibility index (Phi) is 4.72. The largest absolute Gasteiger partial charge is 0.335 e. The predicted molar refractivity (Wildman–Crippen MR) is 86.1 cm³/mol. The van der Waals surface area contributed by atoms with Gasteiger partial charge in [-0.05, 0) is 56.8 Å². The van der Waals surface area contributed by atoms with Crippen LogP contribution in [0.4, 0.5) is 0 Å². The molecule has 1 saturated carbocycles. The molecule has 0 radical (unpaired) electrons. The van der Waals surface area contributed by atoms with Gasteiger partial charge in [0.2, 0.25) is 0 Å². The van der Waals surface area contributed by atoms with Crippen LogP contribution < -0.4 is 5.32 Å². The Morgan fingerprint density at radius 1 is 1.29 bits per heavy atom. The molecule has 0 spiro atoms. The molecule has 1 unspecified atom stereocenters. The maximum Gasteiger partial charge on any atom is 0.255 e. The minimum atomic E-state index is 0.0237. The molecule has 5 heteroatoms. The van der Waals surface area contributed by atoms with Crippen molar-refractivity contribution in [3.05, 3.63) is 33.8 Å². The molecule has 2 aliphatic rings. The molecular weight excluding hydrogens is 307 g/mol. The van der Waals surface area contributed by atoms with Crippen LogP contribution in [0.2, 0.25) is 10.0 Å². The summed E-state index contributed by atoms with van der Waals surface area (Å²) in [5, 5.41) is 4.23. The second-order valence-electron chi connectivity index (χ2n) is 6.00. The van der Waals surface area contributed by atoms with E-state index in [-0.39, 0.29) is 5.91 Å². The summed E-state index contributed by atoms with van der Waals surface area (Å²) in [6.45, 7) is 2.91. The zero-order valence-electron chi connectivity index (χ0n) is 11.9. The zero-order chi connectivity index (χ0) is 14.8. The van der Waals surface area contributed by atoms with Crippen LogP contribution in [0.3, 0.4) is 0 Å². The summed E-state index contributed by atoms with van der Waals surface area (Å²) in [5.74, 6) is 0.567. The van der Waals surface area contributed by atoms with E-state index in [0.717, 1.165) is 32.5 Å². The highest BCUT2D eigenvalue weighted by molar-refractivity contribution is 6.43. The topological polar surface area (TPSA) is 32.3 Å². The van der Waals surface area contributed by atoms with Crippen molar-refractivity contribution in [1.29, 1.82) is 0 Å². The number of nitrogens with one attached hydrogen (secondary N) is 1. The van der Waals surface area contributed by atoms with Gasteiger partial charge >= 0.3 is 0 Å². The van der Waals surface area contributed by atoms with Gasteiger partial charge in [-0.3, -0.25) is 4.79 Å². The van der Waals surface area contributed by atoms with Crippen molar-refractivity contribution >= 4 is 29.1 Å². The number of carbonyl (C=O) groups is 1. The van der Waals surface area contributed by atoms with Crippen molar-refractivity contribution < 1.29 is 4.79 Å². The average Bonchev–Trinajstić information content (AvgIpc) is 3.33. The molecule has 1 amide bonds. The first kappa shape index (κ1) is 15.1. The molecule has 114 valence electrons. The van der Waals surface area contributed by atoms with Crippen LogP contribution in [0.25, 0.3) is 0 Å². The summed E-state index contributed by atoms with van der Waals surface area (Å²) in [6, 6.07) is 5.65. The van der Waals surface area contributed by atoms with E-state index in [9.17, 15) is 4.79 Å². The number of nitrogens with zero attached hydrogens (tertiary/aromatic N) is 1. The Hall–Kier alpha value is -0.770. The number of carbonyl (C=O) groups excluding carboxylic acids is 1. The molecule has 1 aromatic rings. The predicted octanol–water partition coefficient (Wildman–Crippen LogP) is 3.60. The molecule has 1 atom stereocenters. The quantitative estimate of drug-likeness (QED) is 0.916. The summed E-state index contributed by atoms with van der Waals surface area (Å²) in [5.41, 5.74) is 0.528. The highest BCUT2D eigenvalue weighted by Crippen LogP contribution is 2.33. The molecule has 1 saturated heterocycles. The van der Waals surface area contributed by atoms with Crippen molar-refractivity contribution in [3.63, 3.8) is 0 Å². The number of benzene rings is 1. The maximum absolute atomic E-state index is 12.8. The zero-order valence-corrected chi connectivity index (χ0v) is 13.5. The van der Waals surface area contributed by atoms with Crippen LogP contribution in [-0.4, -0.2) is 36.5 Å². The molecule has 1 aliphatic carbocycles. The molecule has 3 rings (SSSR count). The number of hydrogen-bond acceptors (Lipinski definition) is 2. The molecule has 1 N–H and O–H groups in total. The van der Waals surface area contributed by atoms with E-state index in [1.54, 1.807) is 18.2 Å². The Labute approximate surface area is 135 Å². The van der Waals surface area contributed by atoms with E-state index in [4.69, 9.17) is 23.2 Å². The van der Waals surface area contributed by atoms with Crippen LogP contribution in [0.15, 0.2) is 18.2 Å². The third-order valence-corrected chi connectivity index (χ3v) is 5.10. The lowest BCUT2D eigenvalue weighted by molar-refractivity contribution is 0.0704. The monoisotopic (exact) mass is 326 g/mol. The fourth-order valence-electron chi connectivity index (χ4n) is 2.97. The van der Waals surface area contributed by atoms with E-state index in [1.165, 1.54) is 12.8 Å². The fourth-order valence-corrected chi connectivity index (χ4v) is 3.35. The van der Waals surface area contributed by atoms with Gasteiger partial charge in [0.15, 0.2) is 0 Å². The molecule has 1 aromatic carbocycles. The second-order valence-corrected chi connectivity index (χ2v) is 6.79. The van der Waals surface area contributed by atoms with Gasteiger partial charge in [0.1, 0.15) is 0 Å². The van der Waals surface area contributed by atoms with Crippen LogP contribution in [0, 0.1) is 5.92 Å². The Balaban J connectivity index is 1.76. The first-order valence-corrected chi connectivity index (χ1v) is 8.38. The number of piperidine rings is 1. The highest BCUT2D eigenvalue weighted by Gasteiger charge is 2.35. The first-order valence-electron chi connectivity index (χ1n) is 7.62. The normalized spacial score (nSPS) is 22.1. The minimum absolute atomic E-state index is 0.0237. The van der Waals surface area contributed by atoms with Crippen molar-refractivity contribution in [2.75, 3.05) is 19.6 Å². The second kappa shape index (κ2) is 6.55. The molecular formula is C16H20Cl2N2O. The van der Waals surface area contributed by atoms with E-state index in [2.05, 4.69) is 5.32 Å². The van der Waals surface area contributed by atoms with E-state index >= 15 is 0 Å². The van der Waals surface area contributed by atoms with Gasteiger partial charge in [0.05, 0.1) is 15.6 Å². The van der Waals surface area contributed by atoms with Crippen LogP contribution in [0.1, 0.15) is 36.0 Å². The summed E-state index contributed by atoms with van der Waals surface area (Å²) >= 11 is 12.2. The van der Waals surface area contributed by atoms with Crippen molar-refractivity contribution in [1.82, 2.24) is 10.2 Å². The standard InChI is InChI=1S/C16H20Cl2N2O/c17-14-5-1-4-13(15(14)18)16(21)20(12-6-7-12)10-11-3-2-8-19-9-11/h1,4-5,11-12,19H,2-3,6-10H2. The van der Waals surface area contributed by atoms with Gasteiger partial charge in [-0.25, -0.2) is 0 Å². The molecule has 1 heterocycles. The lowest BCUT2D eigenvalue weighted by Crippen LogP contribution is -2.42. The Morgan fingerprint density at radius 3 is 2.76 bits per heavy atom. The van der Waals surface area contributed by atoms with Crippen LogP contribution >= 0.6 is 23.2 Å². The number of halogens is 2. The maximum atomic E-state index is 12.8. The number of hydrogen-bond donors (Lipinski definition) is 1. The lowest BCUT2D eigenvalue weighted by atomic mass is 9.98. The Bertz CT molecular complexity index is 525. The third-order valence-electron chi connectivity index (χ3n) is 4.28. The van der Waals surface area contributed by atoms with Gasteiger partial charge in [-0.1, -0.05) is 29.3 Å². The van der Waals surface area contributed by atoms with Gasteiger partial charge in [0.25, 0.3) is 5.91 Å². The van der Waals surface area contributed by atoms with Crippen LogP contribution in [0.5, 0.6) is 0 Å². The first-order chi connectivity index (χ1) is 10.2. The SMILES string of the molecule is O=C(c1cccc(Cl)c1Cl)N(CC1CCCNC1)C1CC1. The lowest BCUT2D eigenvalue weighted by Gasteiger charge is -2.30. The van der Waals surface area contributed by atoms with Gasteiger partial charge in [-0.15, -0.1) is 0 Å². The molecule has 2 fully saturated rings. The fraction of sp³-hybridized carbons (Fsp3) is 0.562. The Morgan fingerprint density at radius 2 is 2.10 bits per heavy atom. The molecule has 21 heavy (non-hydrogen) atoms. The molecule has 3 nitrogen and oxygen atoms in total. The summed E-state index contributed by atoms with van der Waals surface area (Å²) in [6.07, 6.45) is 4.58. The van der Waals surface area contributed by atoms with E-state index < -0.39 is 0 Å². The molecule has 0 bridgehead atoms. The summed E-state index contributed by atoms with van der Waals surface area (Å²) in [4.78, 5) is 14.8. The van der Waals surface area contributed by atoms with Gasteiger partial charge in [-0.2, -0.15) is 0 Å². The minimum Gasteiger partial charge on any atom is -0.335 e. The molecule has 1 aliphatic heterocycles. The molecule has 0 aromatic heterocycles. The number of amides is 1.